The highest BCUT2D eigenvalue weighted by Crippen LogP contribution is 2.38. The smallest absolute Gasteiger partial charge is 0.407 e. The average molecular weight is 285 g/mol. The summed E-state index contributed by atoms with van der Waals surface area (Å²) in [6, 6.07) is 4.17. The topological polar surface area (TPSA) is 81.5 Å². The van der Waals surface area contributed by atoms with E-state index in [-0.39, 0.29) is 28.8 Å². The van der Waals surface area contributed by atoms with Crippen LogP contribution in [0, 0.1) is 15.5 Å². The zero-order valence-corrected chi connectivity index (χ0v) is 11.2. The number of benzene rings is 1. The molecule has 1 atom stereocenters. The molecule has 1 aliphatic rings. The molecular weight excluding hydrogens is 272 g/mol. The number of alkyl carbamates (subject to hydrolysis) is 1. The van der Waals surface area contributed by atoms with Crippen LogP contribution < -0.4 is 5.32 Å². The normalized spacial score (nSPS) is 21.4. The number of hydrogen-bond acceptors (Lipinski definition) is 4. The zero-order valence-electron chi connectivity index (χ0n) is 10.5. The Morgan fingerprint density at radius 3 is 2.84 bits per heavy atom. The molecule has 0 bridgehead atoms. The molecule has 2 rings (SSSR count). The summed E-state index contributed by atoms with van der Waals surface area (Å²) in [5.74, 6) is 0. The summed E-state index contributed by atoms with van der Waals surface area (Å²) in [5.41, 5.74) is 0.101. The van der Waals surface area contributed by atoms with Crippen molar-refractivity contribution in [3.05, 3.63) is 38.9 Å². The number of hydrogen-bond donors (Lipinski definition) is 1. The van der Waals surface area contributed by atoms with Crippen LogP contribution in [0.4, 0.5) is 10.5 Å². The van der Waals surface area contributed by atoms with Crippen LogP contribution in [0.1, 0.15) is 25.5 Å². The number of carbonyl (C=O) groups excluding carboxylic acids is 1. The molecule has 0 aliphatic carbocycles. The summed E-state index contributed by atoms with van der Waals surface area (Å²) in [6.07, 6.45) is -0.526. The van der Waals surface area contributed by atoms with Gasteiger partial charge >= 0.3 is 6.09 Å². The third-order valence-corrected chi connectivity index (χ3v) is 3.44. The van der Waals surface area contributed by atoms with E-state index in [1.54, 1.807) is 6.07 Å². The van der Waals surface area contributed by atoms with E-state index in [4.69, 9.17) is 16.3 Å². The first-order chi connectivity index (χ1) is 8.81. The molecule has 0 aromatic heterocycles. The number of nitrogens with zero attached hydrogens (tertiary/aromatic N) is 1. The van der Waals surface area contributed by atoms with Gasteiger partial charge in [-0.3, -0.25) is 10.1 Å². The lowest BCUT2D eigenvalue weighted by Crippen LogP contribution is -2.46. The van der Waals surface area contributed by atoms with Crippen molar-refractivity contribution in [2.45, 2.75) is 19.9 Å². The van der Waals surface area contributed by atoms with Crippen molar-refractivity contribution in [2.75, 3.05) is 6.61 Å². The quantitative estimate of drug-likeness (QED) is 0.668. The van der Waals surface area contributed by atoms with Gasteiger partial charge in [0.1, 0.15) is 11.6 Å². The lowest BCUT2D eigenvalue weighted by Gasteiger charge is -2.38. The second-order valence-corrected chi connectivity index (χ2v) is 5.52. The van der Waals surface area contributed by atoms with Gasteiger partial charge in [0.05, 0.1) is 11.0 Å². The van der Waals surface area contributed by atoms with Crippen molar-refractivity contribution in [3.63, 3.8) is 0 Å². The van der Waals surface area contributed by atoms with E-state index < -0.39 is 11.0 Å². The van der Waals surface area contributed by atoms with Gasteiger partial charge < -0.3 is 10.1 Å². The molecule has 102 valence electrons. The second-order valence-electron chi connectivity index (χ2n) is 5.11. The van der Waals surface area contributed by atoms with Gasteiger partial charge in [-0.05, 0) is 11.6 Å². The van der Waals surface area contributed by atoms with Gasteiger partial charge in [0.2, 0.25) is 0 Å². The van der Waals surface area contributed by atoms with Crippen molar-refractivity contribution < 1.29 is 14.5 Å². The van der Waals surface area contributed by atoms with Crippen LogP contribution >= 0.6 is 11.6 Å². The van der Waals surface area contributed by atoms with Crippen LogP contribution in [0.5, 0.6) is 0 Å². The fourth-order valence-electron chi connectivity index (χ4n) is 2.07. The van der Waals surface area contributed by atoms with E-state index in [0.29, 0.717) is 5.56 Å². The first kappa shape index (κ1) is 13.6. The predicted molar refractivity (Wildman–Crippen MR) is 69.1 cm³/mol. The molecule has 0 radical (unpaired) electrons. The monoisotopic (exact) mass is 284 g/mol. The fraction of sp³-hybridized carbons (Fsp3) is 0.417. The number of amides is 1. The largest absolute Gasteiger partial charge is 0.449 e. The van der Waals surface area contributed by atoms with Crippen molar-refractivity contribution in [3.8, 4) is 0 Å². The highest BCUT2D eigenvalue weighted by molar-refractivity contribution is 6.32. The fourth-order valence-corrected chi connectivity index (χ4v) is 2.26. The molecular formula is C12H13ClN2O4. The maximum atomic E-state index is 11.3. The van der Waals surface area contributed by atoms with Crippen LogP contribution in [-0.2, 0) is 4.74 Å². The van der Waals surface area contributed by atoms with Gasteiger partial charge in [0.25, 0.3) is 5.69 Å². The zero-order chi connectivity index (χ0) is 14.2. The lowest BCUT2D eigenvalue weighted by molar-refractivity contribution is -0.384. The van der Waals surface area contributed by atoms with E-state index in [2.05, 4.69) is 5.32 Å². The van der Waals surface area contributed by atoms with Crippen molar-refractivity contribution in [2.24, 2.45) is 5.41 Å². The predicted octanol–water partition coefficient (Wildman–Crippen LogP) is 3.06. The number of halogens is 1. The minimum atomic E-state index is -0.542. The minimum Gasteiger partial charge on any atom is -0.449 e. The molecule has 1 fully saturated rings. The first-order valence-corrected chi connectivity index (χ1v) is 6.06. The minimum absolute atomic E-state index is 0.0740. The molecule has 0 unspecified atom stereocenters. The number of ether oxygens (including phenoxy) is 1. The van der Waals surface area contributed by atoms with Crippen LogP contribution in [-0.4, -0.2) is 17.6 Å². The van der Waals surface area contributed by atoms with E-state index in [1.807, 2.05) is 13.8 Å². The maximum absolute atomic E-state index is 11.3. The Balaban J connectivity index is 2.42. The number of cyclic esters (lactones) is 1. The molecule has 1 aromatic carbocycles. The van der Waals surface area contributed by atoms with Crippen LogP contribution in [0.2, 0.25) is 5.02 Å². The molecule has 1 aliphatic heterocycles. The third-order valence-electron chi connectivity index (χ3n) is 3.12. The molecule has 1 amide bonds. The number of carbonyl (C=O) groups is 1. The summed E-state index contributed by atoms with van der Waals surface area (Å²) in [6.45, 7) is 4.08. The summed E-state index contributed by atoms with van der Waals surface area (Å²) < 4.78 is 4.94. The van der Waals surface area contributed by atoms with Gasteiger partial charge in [-0.2, -0.15) is 0 Å². The number of nitro benzene ring substituents is 1. The summed E-state index contributed by atoms with van der Waals surface area (Å²) in [4.78, 5) is 21.7. The molecule has 1 saturated heterocycles. The average Bonchev–Trinajstić information content (AvgIpc) is 2.33. The van der Waals surface area contributed by atoms with Crippen LogP contribution in [0.3, 0.4) is 0 Å². The second kappa shape index (κ2) is 4.70. The van der Waals surface area contributed by atoms with Gasteiger partial charge in [-0.25, -0.2) is 4.79 Å². The highest BCUT2D eigenvalue weighted by atomic mass is 35.5. The van der Waals surface area contributed by atoms with Gasteiger partial charge in [-0.1, -0.05) is 31.5 Å². The highest BCUT2D eigenvalue weighted by Gasteiger charge is 2.38. The Hall–Kier alpha value is -1.82. The number of nitrogens with one attached hydrogen (secondary N) is 1. The maximum Gasteiger partial charge on any atom is 0.407 e. The standard InChI is InChI=1S/C12H13ClN2O4/c1-12(2)6-19-11(16)14-10(12)7-3-4-8(13)9(5-7)15(17)18/h3-5,10H,6H2,1-2H3,(H,14,16)/t10-/m1/s1. The SMILES string of the molecule is CC1(C)COC(=O)N[C@@H]1c1ccc(Cl)c([N+](=O)[O-])c1. The number of rotatable bonds is 2. The Morgan fingerprint density at radius 1 is 1.53 bits per heavy atom. The lowest BCUT2D eigenvalue weighted by atomic mass is 9.80. The Labute approximate surface area is 114 Å². The third kappa shape index (κ3) is 2.63. The molecule has 1 heterocycles. The van der Waals surface area contributed by atoms with Crippen molar-refractivity contribution in [1.29, 1.82) is 0 Å². The van der Waals surface area contributed by atoms with E-state index >= 15 is 0 Å². The van der Waals surface area contributed by atoms with E-state index in [9.17, 15) is 14.9 Å². The Bertz CT molecular complexity index is 545. The van der Waals surface area contributed by atoms with Gasteiger partial charge in [-0.15, -0.1) is 0 Å². The van der Waals surface area contributed by atoms with Crippen molar-refractivity contribution >= 4 is 23.4 Å². The van der Waals surface area contributed by atoms with E-state index in [1.165, 1.54) is 12.1 Å². The Kier molecular flexibility index (Phi) is 3.36. The van der Waals surface area contributed by atoms with Gasteiger partial charge in [0, 0.05) is 11.5 Å². The van der Waals surface area contributed by atoms with Crippen LogP contribution in [0.15, 0.2) is 18.2 Å². The molecule has 7 heteroatoms. The molecule has 1 aromatic rings. The summed E-state index contributed by atoms with van der Waals surface area (Å²) in [5, 5.41) is 13.6. The van der Waals surface area contributed by atoms with Gasteiger partial charge in [0.15, 0.2) is 0 Å². The molecule has 19 heavy (non-hydrogen) atoms. The summed E-state index contributed by atoms with van der Waals surface area (Å²) in [7, 11) is 0. The number of nitro groups is 1. The van der Waals surface area contributed by atoms with Crippen molar-refractivity contribution in [1.82, 2.24) is 5.32 Å². The molecule has 1 N–H and O–H groups in total. The molecule has 6 nitrogen and oxygen atoms in total. The van der Waals surface area contributed by atoms with Crippen LogP contribution in [0.25, 0.3) is 0 Å². The Morgan fingerprint density at radius 2 is 2.21 bits per heavy atom. The first-order valence-electron chi connectivity index (χ1n) is 5.68. The summed E-state index contributed by atoms with van der Waals surface area (Å²) >= 11 is 5.78. The molecule has 0 saturated carbocycles. The molecule has 0 spiro atoms. The van der Waals surface area contributed by atoms with E-state index in [0.717, 1.165) is 0 Å².